The van der Waals surface area contributed by atoms with E-state index in [1.807, 2.05) is 0 Å². The Morgan fingerprint density at radius 1 is 0.450 bits per heavy atom. The van der Waals surface area contributed by atoms with Gasteiger partial charge in [0.25, 0.3) is 0 Å². The molecule has 60 heavy (non-hydrogen) atoms. The summed E-state index contributed by atoms with van der Waals surface area (Å²) in [5.74, 6) is 1.22. The number of halogens is 2. The number of azide groups is 2. The molecule has 18 nitrogen and oxygen atoms in total. The van der Waals surface area contributed by atoms with Crippen molar-refractivity contribution in [1.82, 2.24) is 19.1 Å². The molecule has 0 N–H and O–H groups in total. The zero-order valence-corrected chi connectivity index (χ0v) is 40.0. The number of hydrogen-bond acceptors (Lipinski definition) is 12. The lowest BCUT2D eigenvalue weighted by atomic mass is 10.2. The summed E-state index contributed by atoms with van der Waals surface area (Å²) < 4.78 is 29.4. The van der Waals surface area contributed by atoms with Crippen LogP contribution in [0.3, 0.4) is 0 Å². The first-order valence-corrected chi connectivity index (χ1v) is 29.1. The second-order valence-electron chi connectivity index (χ2n) is 11.8. The summed E-state index contributed by atoms with van der Waals surface area (Å²) in [6.07, 6.45) is 6.25. The molecular formula is C32H32Cl2N14O4P4S4. The lowest BCUT2D eigenvalue weighted by molar-refractivity contribution is 0.486. The topological polar surface area (TPSA) is 197 Å². The van der Waals surface area contributed by atoms with E-state index in [2.05, 4.69) is 40.0 Å². The Hall–Kier alpha value is -4.24. The van der Waals surface area contributed by atoms with Crippen molar-refractivity contribution in [2.75, 3.05) is 28.2 Å². The van der Waals surface area contributed by atoms with E-state index in [-0.39, 0.29) is 0 Å². The van der Waals surface area contributed by atoms with Crippen LogP contribution in [-0.4, -0.2) is 72.2 Å². The lowest BCUT2D eigenvalue weighted by Crippen LogP contribution is -2.16. The molecule has 312 valence electrons. The molecule has 0 amide bonds. The lowest BCUT2D eigenvalue weighted by Gasteiger charge is -2.29. The zero-order valence-electron chi connectivity index (χ0n) is 31.6. The van der Waals surface area contributed by atoms with Crippen molar-refractivity contribution >= 4 is 119 Å². The maximum absolute atomic E-state index is 9.28. The minimum Gasteiger partial charge on any atom is -0.431 e. The third-order valence-corrected chi connectivity index (χ3v) is 20.1. The van der Waals surface area contributed by atoms with Gasteiger partial charge in [0.2, 0.25) is 11.4 Å². The third-order valence-electron chi connectivity index (χ3n) is 7.63. The largest absolute Gasteiger partial charge is 0.431 e. The highest BCUT2D eigenvalue weighted by molar-refractivity contribution is 8.25. The van der Waals surface area contributed by atoms with Crippen molar-refractivity contribution in [2.24, 2.45) is 30.2 Å². The van der Waals surface area contributed by atoms with Gasteiger partial charge < -0.3 is 18.1 Å². The number of hydrazone groups is 4. The Balaban J connectivity index is 1.43. The highest BCUT2D eigenvalue weighted by atomic mass is 35.7. The number of hydrogen-bond donors (Lipinski definition) is 0. The van der Waals surface area contributed by atoms with Gasteiger partial charge in [-0.3, -0.25) is 0 Å². The van der Waals surface area contributed by atoms with Gasteiger partial charge in [-0.1, -0.05) is 0 Å². The molecule has 0 radical (unpaired) electrons. The van der Waals surface area contributed by atoms with Crippen molar-refractivity contribution in [3.8, 4) is 23.0 Å². The normalized spacial score (nSPS) is 23.8. The predicted molar refractivity (Wildman–Crippen MR) is 257 cm³/mol. The Bertz CT molecular complexity index is 2270. The molecule has 0 fully saturated rings. The van der Waals surface area contributed by atoms with Gasteiger partial charge in [-0.25, -0.2) is 19.1 Å². The number of benzene rings is 4. The molecule has 0 spiro atoms. The van der Waals surface area contributed by atoms with Crippen LogP contribution in [0.2, 0.25) is 0 Å². The fourth-order valence-electron chi connectivity index (χ4n) is 4.43. The summed E-state index contributed by atoms with van der Waals surface area (Å²) in [7, 11) is 6.58. The van der Waals surface area contributed by atoms with E-state index in [1.165, 1.54) is 19.1 Å². The van der Waals surface area contributed by atoms with Crippen LogP contribution < -0.4 is 18.1 Å². The molecule has 8 bridgehead atoms. The van der Waals surface area contributed by atoms with Crippen molar-refractivity contribution < 1.29 is 18.1 Å². The van der Waals surface area contributed by atoms with Crippen LogP contribution in [0.5, 0.6) is 23.0 Å². The molecule has 4 aromatic carbocycles. The Morgan fingerprint density at radius 3 is 0.833 bits per heavy atom. The highest BCUT2D eigenvalue weighted by Crippen LogP contribution is 2.58. The second kappa shape index (κ2) is 20.5. The van der Waals surface area contributed by atoms with Gasteiger partial charge in [0.1, 0.15) is 23.0 Å². The van der Waals surface area contributed by atoms with Crippen molar-refractivity contribution in [3.05, 3.63) is 140 Å². The van der Waals surface area contributed by atoms with E-state index in [9.17, 15) is 11.1 Å². The molecular weight excluding hydrogens is 968 g/mol. The van der Waals surface area contributed by atoms with E-state index < -0.39 is 24.7 Å². The van der Waals surface area contributed by atoms with Crippen LogP contribution in [0.4, 0.5) is 0 Å². The molecule has 7 aliphatic heterocycles. The quantitative estimate of drug-likeness (QED) is 0.0798. The SMILES string of the molecule is CN1N=Cc2ccc(cc2)OP(=S)(N=[N+]=[N-])Oc2ccc(cc2)C=NN(C)P(=S)(Cl)N(C)N=Cc2ccc(cc2)OP(=S)(N=[N+]=[N-])Oc2ccc(cc2)C=NN(C)P1(=S)Cl. The van der Waals surface area contributed by atoms with E-state index in [4.69, 9.17) is 87.8 Å². The molecule has 4 aromatic rings. The van der Waals surface area contributed by atoms with Crippen LogP contribution in [0.1, 0.15) is 22.3 Å². The van der Waals surface area contributed by atoms with Gasteiger partial charge >= 0.3 is 13.3 Å². The van der Waals surface area contributed by atoms with Crippen LogP contribution in [0.15, 0.2) is 127 Å². The maximum atomic E-state index is 9.28. The molecule has 0 aliphatic carbocycles. The fourth-order valence-corrected chi connectivity index (χ4v) is 10.1. The summed E-state index contributed by atoms with van der Waals surface area (Å²) in [6.45, 7) is -7.11. The summed E-state index contributed by atoms with van der Waals surface area (Å²) in [6, 6.07) is 26.8. The van der Waals surface area contributed by atoms with Gasteiger partial charge in [0.15, 0.2) is 0 Å². The van der Waals surface area contributed by atoms with Gasteiger partial charge in [-0.15, -0.1) is 0 Å². The van der Waals surface area contributed by atoms with Crippen LogP contribution in [0.25, 0.3) is 20.9 Å². The molecule has 0 saturated heterocycles. The van der Waals surface area contributed by atoms with Crippen molar-refractivity contribution in [2.45, 2.75) is 0 Å². The van der Waals surface area contributed by atoms with E-state index in [0.29, 0.717) is 45.3 Å². The molecule has 0 saturated carbocycles. The Labute approximate surface area is 375 Å². The van der Waals surface area contributed by atoms with Gasteiger partial charge in [-0.05, 0) is 200 Å². The van der Waals surface area contributed by atoms with Crippen molar-refractivity contribution in [1.29, 1.82) is 0 Å². The molecule has 7 heterocycles. The van der Waals surface area contributed by atoms with Gasteiger partial charge in [0, 0.05) is 47.8 Å². The summed E-state index contributed by atoms with van der Waals surface area (Å²) in [5, 5.41) is 17.8. The third kappa shape index (κ3) is 12.9. The predicted octanol–water partition coefficient (Wildman–Crippen LogP) is 11.4. The molecule has 0 aromatic heterocycles. The van der Waals surface area contributed by atoms with E-state index >= 15 is 0 Å². The maximum Gasteiger partial charge on any atom is 0.379 e. The summed E-state index contributed by atoms with van der Waals surface area (Å²) in [4.78, 5) is 13.1. The van der Waals surface area contributed by atoms with Gasteiger partial charge in [0.05, 0.1) is 24.9 Å². The molecule has 0 unspecified atom stereocenters. The molecule has 28 heteroatoms. The van der Waals surface area contributed by atoms with Crippen molar-refractivity contribution in [3.63, 3.8) is 0 Å². The molecule has 11 rings (SSSR count). The Morgan fingerprint density at radius 2 is 0.650 bits per heavy atom. The molecule has 7 aliphatic rings. The fraction of sp³-hybridized carbons (Fsp3) is 0.125. The van der Waals surface area contributed by atoms with E-state index in [0.717, 1.165) is 0 Å². The first kappa shape index (κ1) is 46.8. The first-order chi connectivity index (χ1) is 28.4. The molecule has 0 atom stereocenters. The summed E-state index contributed by atoms with van der Waals surface area (Å²) in [5.41, 5.74) is 15.3. The highest BCUT2D eigenvalue weighted by Gasteiger charge is 2.26. The minimum atomic E-state index is -3.56. The number of rotatable bonds is 2. The minimum absolute atomic E-state index is 0.306. The zero-order chi connectivity index (χ0) is 43.6. The van der Waals surface area contributed by atoms with E-state index in [1.54, 1.807) is 150 Å². The van der Waals surface area contributed by atoms with Crippen LogP contribution in [0, 0.1) is 0 Å². The first-order valence-electron chi connectivity index (χ1n) is 16.7. The Kier molecular flexibility index (Phi) is 16.0. The number of nitrogens with zero attached hydrogens (tertiary/aromatic N) is 14. The standard InChI is InChI=1S/C32H32Cl2N14O4P4S4/c1-45-37-21-25-5-13-29(14-6-25)49-55(59,43-41-35)51-31-17-9-27(10-18-31)23-39-47(3)54(34,58)48(4)40-24-28-11-19-32(20-12-28)52-56(60,44-42-36)50-30-15-7-26(8-16-30)22-38-46(2)53(45,33)57/h5-24H,1-4H3. The average molecular weight is 1000 g/mol. The monoisotopic (exact) mass is 998 g/mol. The second-order valence-corrected chi connectivity index (χ2v) is 28.8. The smallest absolute Gasteiger partial charge is 0.379 e. The van der Waals surface area contributed by atoms with Crippen LogP contribution in [-0.2, 0) is 47.2 Å². The summed E-state index contributed by atoms with van der Waals surface area (Å²) >= 11 is 36.1. The van der Waals surface area contributed by atoms with Gasteiger partial charge in [-0.2, -0.15) is 20.4 Å². The average Bonchev–Trinajstić information content (AvgIpc) is 3.21. The van der Waals surface area contributed by atoms with Crippen LogP contribution >= 0.6 is 47.2 Å².